The Hall–Kier alpha value is -3.97. The highest BCUT2D eigenvalue weighted by molar-refractivity contribution is 7.85. The van der Waals surface area contributed by atoms with Crippen LogP contribution < -0.4 is 16.2 Å². The van der Waals surface area contributed by atoms with E-state index in [2.05, 4.69) is 4.99 Å². The van der Waals surface area contributed by atoms with Crippen LogP contribution in [0.3, 0.4) is 0 Å². The second-order valence-electron chi connectivity index (χ2n) is 7.58. The summed E-state index contributed by atoms with van der Waals surface area (Å²) in [6.07, 6.45) is -0.726. The van der Waals surface area contributed by atoms with Gasteiger partial charge in [-0.1, -0.05) is 12.1 Å². The number of hydrogen-bond donors (Lipinski definition) is 4. The number of carbonyl (C=O) groups excluding carboxylic acids is 2. The van der Waals surface area contributed by atoms with Crippen LogP contribution in [0.4, 0.5) is 5.69 Å². The van der Waals surface area contributed by atoms with Crippen molar-refractivity contribution in [2.24, 2.45) is 16.5 Å². The number of carbonyl (C=O) groups is 3. The number of aliphatic carboxylic acids is 1. The van der Waals surface area contributed by atoms with Crippen molar-refractivity contribution >= 4 is 39.6 Å². The van der Waals surface area contributed by atoms with Crippen molar-refractivity contribution in [3.05, 3.63) is 59.7 Å². The standard InChI is InChI=1S/C21H24N4O8S/c1-25(2)17(26)11-21(19(28)29,12-34(30,31)32)14-5-9-16(10-6-14)33-18(27)13-3-7-15(8-4-13)24-20(22)23/h3-10H,11-12H2,1-2H3,(H,28,29)(H4,22,23,24)(H,30,31,32). The van der Waals surface area contributed by atoms with Crippen LogP contribution in [-0.2, 0) is 25.1 Å². The minimum absolute atomic E-state index is 0.0344. The average molecular weight is 493 g/mol. The van der Waals surface area contributed by atoms with E-state index in [4.69, 9.17) is 16.2 Å². The maximum atomic E-state index is 12.4. The summed E-state index contributed by atoms with van der Waals surface area (Å²) in [5.41, 5.74) is 8.85. The molecule has 182 valence electrons. The molecule has 2 rings (SSSR count). The number of benzene rings is 2. The van der Waals surface area contributed by atoms with E-state index < -0.39 is 45.6 Å². The van der Waals surface area contributed by atoms with E-state index in [-0.39, 0.29) is 22.8 Å². The summed E-state index contributed by atoms with van der Waals surface area (Å²) in [5.74, 6) is -4.34. The first kappa shape index (κ1) is 26.3. The lowest BCUT2D eigenvalue weighted by Crippen LogP contribution is -2.46. The molecule has 0 saturated heterocycles. The lowest BCUT2D eigenvalue weighted by atomic mass is 9.79. The summed E-state index contributed by atoms with van der Waals surface area (Å²) < 4.78 is 37.8. The molecule has 0 fully saturated rings. The topological polar surface area (TPSA) is 203 Å². The fraction of sp³-hybridized carbons (Fsp3) is 0.238. The Morgan fingerprint density at radius 2 is 1.59 bits per heavy atom. The highest BCUT2D eigenvalue weighted by Crippen LogP contribution is 2.32. The van der Waals surface area contributed by atoms with Gasteiger partial charge in [0.2, 0.25) is 5.91 Å². The summed E-state index contributed by atoms with van der Waals surface area (Å²) in [6, 6.07) is 10.8. The molecule has 0 aliphatic carbocycles. The first-order valence-electron chi connectivity index (χ1n) is 9.64. The van der Waals surface area contributed by atoms with Gasteiger partial charge in [-0.25, -0.2) is 9.79 Å². The third-order valence-electron chi connectivity index (χ3n) is 4.77. The Kier molecular flexibility index (Phi) is 7.97. The highest BCUT2D eigenvalue weighted by Gasteiger charge is 2.46. The zero-order chi connectivity index (χ0) is 25.7. The summed E-state index contributed by atoms with van der Waals surface area (Å²) in [5, 5.41) is 9.86. The Bertz CT molecular complexity index is 1200. The maximum absolute atomic E-state index is 12.4. The molecule has 0 spiro atoms. The summed E-state index contributed by atoms with van der Waals surface area (Å²) in [4.78, 5) is 41.7. The summed E-state index contributed by atoms with van der Waals surface area (Å²) in [7, 11) is -2.02. The van der Waals surface area contributed by atoms with E-state index in [0.717, 1.165) is 4.90 Å². The monoisotopic (exact) mass is 492 g/mol. The predicted molar refractivity (Wildman–Crippen MR) is 122 cm³/mol. The van der Waals surface area contributed by atoms with Gasteiger partial charge in [0.05, 0.1) is 17.0 Å². The Morgan fingerprint density at radius 1 is 1.03 bits per heavy atom. The fourth-order valence-corrected chi connectivity index (χ4v) is 4.07. The number of carboxylic acids is 1. The van der Waals surface area contributed by atoms with E-state index in [1.54, 1.807) is 0 Å². The number of carboxylic acid groups (broad SMARTS) is 1. The third kappa shape index (κ3) is 6.76. The minimum atomic E-state index is -4.78. The fourth-order valence-electron chi connectivity index (χ4n) is 3.05. The van der Waals surface area contributed by atoms with Crippen molar-refractivity contribution in [3.8, 4) is 5.75 Å². The number of guanidine groups is 1. The molecule has 0 aliphatic rings. The van der Waals surface area contributed by atoms with Crippen LogP contribution in [0.2, 0.25) is 0 Å². The number of nitrogens with zero attached hydrogens (tertiary/aromatic N) is 2. The molecule has 13 heteroatoms. The molecule has 34 heavy (non-hydrogen) atoms. The molecule has 1 amide bonds. The zero-order valence-electron chi connectivity index (χ0n) is 18.3. The number of rotatable bonds is 9. The van der Waals surface area contributed by atoms with Crippen molar-refractivity contribution in [3.63, 3.8) is 0 Å². The van der Waals surface area contributed by atoms with E-state index in [9.17, 15) is 32.5 Å². The lowest BCUT2D eigenvalue weighted by molar-refractivity contribution is -0.146. The number of ether oxygens (including phenoxy) is 1. The number of hydrogen-bond acceptors (Lipinski definition) is 7. The van der Waals surface area contributed by atoms with Gasteiger partial charge >= 0.3 is 11.9 Å². The summed E-state index contributed by atoms with van der Waals surface area (Å²) in [6.45, 7) is 0. The van der Waals surface area contributed by atoms with Gasteiger partial charge in [0.1, 0.15) is 11.2 Å². The Morgan fingerprint density at radius 3 is 2.03 bits per heavy atom. The van der Waals surface area contributed by atoms with Crippen LogP contribution in [0.5, 0.6) is 5.75 Å². The molecule has 6 N–H and O–H groups in total. The third-order valence-corrected chi connectivity index (χ3v) is 5.63. The van der Waals surface area contributed by atoms with Crippen LogP contribution in [0.25, 0.3) is 0 Å². The smallest absolute Gasteiger partial charge is 0.343 e. The molecule has 0 radical (unpaired) electrons. The molecule has 0 heterocycles. The molecule has 1 atom stereocenters. The highest BCUT2D eigenvalue weighted by atomic mass is 32.2. The SMILES string of the molecule is CN(C)C(=O)CC(CS(=O)(=O)O)(C(=O)O)c1ccc(OC(=O)c2ccc(N=C(N)N)cc2)cc1. The van der Waals surface area contributed by atoms with Crippen molar-refractivity contribution in [1.29, 1.82) is 0 Å². The molecule has 1 unspecified atom stereocenters. The molecule has 12 nitrogen and oxygen atoms in total. The first-order chi connectivity index (χ1) is 15.7. The van der Waals surface area contributed by atoms with Crippen LogP contribution in [0.1, 0.15) is 22.3 Å². The molecule has 0 bridgehead atoms. The Labute approximate surface area is 195 Å². The number of esters is 1. The van der Waals surface area contributed by atoms with Gasteiger partial charge < -0.3 is 26.2 Å². The molecule has 0 aromatic heterocycles. The first-order valence-corrected chi connectivity index (χ1v) is 11.3. The van der Waals surface area contributed by atoms with Gasteiger partial charge in [0, 0.05) is 20.5 Å². The van der Waals surface area contributed by atoms with Crippen molar-refractivity contribution < 1.29 is 37.2 Å². The van der Waals surface area contributed by atoms with Crippen LogP contribution in [0.15, 0.2) is 53.5 Å². The normalized spacial score (nSPS) is 12.8. The van der Waals surface area contributed by atoms with Gasteiger partial charge in [0.25, 0.3) is 10.1 Å². The van der Waals surface area contributed by atoms with Crippen molar-refractivity contribution in [2.75, 3.05) is 19.8 Å². The quantitative estimate of drug-likeness (QED) is 0.125. The minimum Gasteiger partial charge on any atom is -0.481 e. The van der Waals surface area contributed by atoms with E-state index >= 15 is 0 Å². The van der Waals surface area contributed by atoms with Crippen LogP contribution in [-0.4, -0.2) is 66.6 Å². The Balaban J connectivity index is 2.33. The van der Waals surface area contributed by atoms with Gasteiger partial charge in [-0.3, -0.25) is 14.1 Å². The van der Waals surface area contributed by atoms with Crippen molar-refractivity contribution in [1.82, 2.24) is 4.90 Å². The zero-order valence-corrected chi connectivity index (χ0v) is 19.2. The largest absolute Gasteiger partial charge is 0.481 e. The van der Waals surface area contributed by atoms with Gasteiger partial charge in [0.15, 0.2) is 5.96 Å². The van der Waals surface area contributed by atoms with Gasteiger partial charge in [-0.2, -0.15) is 8.42 Å². The maximum Gasteiger partial charge on any atom is 0.343 e. The molecule has 2 aromatic rings. The van der Waals surface area contributed by atoms with E-state index in [0.29, 0.717) is 5.69 Å². The van der Waals surface area contributed by atoms with E-state index in [1.165, 1.54) is 62.6 Å². The predicted octanol–water partition coefficient (Wildman–Crippen LogP) is 0.499. The van der Waals surface area contributed by atoms with Gasteiger partial charge in [-0.05, 0) is 42.0 Å². The lowest BCUT2D eigenvalue weighted by Gasteiger charge is -2.29. The number of nitrogens with two attached hydrogens (primary N) is 2. The van der Waals surface area contributed by atoms with Crippen LogP contribution >= 0.6 is 0 Å². The molecule has 2 aromatic carbocycles. The van der Waals surface area contributed by atoms with Crippen molar-refractivity contribution in [2.45, 2.75) is 11.8 Å². The average Bonchev–Trinajstić information content (AvgIpc) is 2.72. The molecular formula is C21H24N4O8S. The van der Waals surface area contributed by atoms with Crippen LogP contribution in [0, 0.1) is 0 Å². The second kappa shape index (κ2) is 10.3. The molecular weight excluding hydrogens is 468 g/mol. The van der Waals surface area contributed by atoms with Gasteiger partial charge in [-0.15, -0.1) is 0 Å². The number of amides is 1. The molecule has 0 aliphatic heterocycles. The summed E-state index contributed by atoms with van der Waals surface area (Å²) >= 11 is 0. The molecule has 0 saturated carbocycles. The number of aliphatic imine (C=N–C) groups is 1. The second-order valence-corrected chi connectivity index (χ2v) is 9.03. The van der Waals surface area contributed by atoms with E-state index in [1.807, 2.05) is 0 Å².